The zero-order chi connectivity index (χ0) is 16.9. The summed E-state index contributed by atoms with van der Waals surface area (Å²) in [5.41, 5.74) is 1.41. The second-order valence-corrected chi connectivity index (χ2v) is 7.92. The van der Waals surface area contributed by atoms with Gasteiger partial charge in [-0.1, -0.05) is 44.2 Å². The first-order valence-corrected chi connectivity index (χ1v) is 9.69. The number of likely N-dealkylation sites (tertiary alicyclic amines) is 2. The zero-order valence-corrected chi connectivity index (χ0v) is 15.3. The van der Waals surface area contributed by atoms with E-state index in [2.05, 4.69) is 54.0 Å². The van der Waals surface area contributed by atoms with E-state index in [0.717, 1.165) is 45.6 Å². The van der Waals surface area contributed by atoms with E-state index < -0.39 is 0 Å². The maximum Gasteiger partial charge on any atom is 0.225 e. The predicted molar refractivity (Wildman–Crippen MR) is 99.0 cm³/mol. The van der Waals surface area contributed by atoms with Gasteiger partial charge in [-0.15, -0.1) is 0 Å². The van der Waals surface area contributed by atoms with E-state index in [1.54, 1.807) is 0 Å². The molecule has 1 aromatic rings. The molecule has 0 N–H and O–H groups in total. The Hall–Kier alpha value is -1.35. The van der Waals surface area contributed by atoms with Gasteiger partial charge in [0.05, 0.1) is 0 Å². The van der Waals surface area contributed by atoms with Crippen molar-refractivity contribution in [3.05, 3.63) is 35.9 Å². The van der Waals surface area contributed by atoms with E-state index in [9.17, 15) is 4.79 Å². The van der Waals surface area contributed by atoms with Gasteiger partial charge >= 0.3 is 0 Å². The average Bonchev–Trinajstić information content (AvgIpc) is 2.62. The third kappa shape index (κ3) is 4.38. The molecule has 1 aromatic carbocycles. The number of rotatable bonds is 4. The predicted octanol–water partition coefficient (Wildman–Crippen LogP) is 3.76. The molecule has 2 atom stereocenters. The molecule has 132 valence electrons. The lowest BCUT2D eigenvalue weighted by Crippen LogP contribution is -2.46. The fraction of sp³-hybridized carbons (Fsp3) is 0.667. The van der Waals surface area contributed by atoms with Crippen molar-refractivity contribution in [3.8, 4) is 0 Å². The SMILES string of the molecule is C[C@H]1CCCN(C(=O)C2CCN(C[C@@H](C)c3ccccc3)CC2)C1. The molecule has 0 spiro atoms. The van der Waals surface area contributed by atoms with Crippen LogP contribution in [0.5, 0.6) is 0 Å². The van der Waals surface area contributed by atoms with Crippen LogP contribution in [0.15, 0.2) is 30.3 Å². The molecule has 2 aliphatic heterocycles. The Morgan fingerprint density at radius 1 is 1.12 bits per heavy atom. The summed E-state index contributed by atoms with van der Waals surface area (Å²) in [6.45, 7) is 9.77. The molecule has 0 radical (unpaired) electrons. The standard InChI is InChI=1S/C21H32N2O/c1-17-7-6-12-23(15-17)21(24)20-10-13-22(14-11-20)16-18(2)19-8-4-3-5-9-19/h3-5,8-9,17-18,20H,6-7,10-16H2,1-2H3/t17-,18+/m0/s1. The van der Waals surface area contributed by atoms with Crippen LogP contribution in [0.25, 0.3) is 0 Å². The van der Waals surface area contributed by atoms with Crippen LogP contribution in [0.3, 0.4) is 0 Å². The molecule has 2 saturated heterocycles. The van der Waals surface area contributed by atoms with E-state index in [4.69, 9.17) is 0 Å². The van der Waals surface area contributed by atoms with Gasteiger partial charge in [0.1, 0.15) is 0 Å². The topological polar surface area (TPSA) is 23.6 Å². The number of nitrogens with zero attached hydrogens (tertiary/aromatic N) is 2. The lowest BCUT2D eigenvalue weighted by molar-refractivity contribution is -0.138. The third-order valence-electron chi connectivity index (χ3n) is 5.81. The summed E-state index contributed by atoms with van der Waals surface area (Å²) in [4.78, 5) is 17.4. The van der Waals surface area contributed by atoms with Gasteiger partial charge in [-0.25, -0.2) is 0 Å². The molecule has 0 bridgehead atoms. The van der Waals surface area contributed by atoms with Crippen molar-refractivity contribution in [2.75, 3.05) is 32.7 Å². The van der Waals surface area contributed by atoms with Crippen molar-refractivity contribution in [2.24, 2.45) is 11.8 Å². The molecular weight excluding hydrogens is 296 g/mol. The first-order valence-electron chi connectivity index (χ1n) is 9.69. The van der Waals surface area contributed by atoms with Crippen molar-refractivity contribution >= 4 is 5.91 Å². The highest BCUT2D eigenvalue weighted by Gasteiger charge is 2.30. The van der Waals surface area contributed by atoms with Crippen LogP contribution in [0, 0.1) is 11.8 Å². The summed E-state index contributed by atoms with van der Waals surface area (Å²) in [6, 6.07) is 10.8. The van der Waals surface area contributed by atoms with E-state index in [0.29, 0.717) is 17.7 Å². The lowest BCUT2D eigenvalue weighted by atomic mass is 9.92. The minimum Gasteiger partial charge on any atom is -0.342 e. The van der Waals surface area contributed by atoms with E-state index >= 15 is 0 Å². The second-order valence-electron chi connectivity index (χ2n) is 7.92. The summed E-state index contributed by atoms with van der Waals surface area (Å²) in [5, 5.41) is 0. The zero-order valence-electron chi connectivity index (χ0n) is 15.3. The van der Waals surface area contributed by atoms with Gasteiger partial charge in [0.25, 0.3) is 0 Å². The molecule has 2 heterocycles. The van der Waals surface area contributed by atoms with Gasteiger partial charge in [-0.05, 0) is 56.2 Å². The average molecular weight is 329 g/mol. The van der Waals surface area contributed by atoms with Crippen LogP contribution < -0.4 is 0 Å². The highest BCUT2D eigenvalue weighted by Crippen LogP contribution is 2.25. The summed E-state index contributed by atoms with van der Waals surface area (Å²) in [5.74, 6) is 1.92. The number of piperidine rings is 2. The Labute approximate surface area is 147 Å². The number of hydrogen-bond donors (Lipinski definition) is 0. The van der Waals surface area contributed by atoms with Crippen molar-refractivity contribution in [1.82, 2.24) is 9.80 Å². The summed E-state index contributed by atoms with van der Waals surface area (Å²) in [6.07, 6.45) is 4.52. The highest BCUT2D eigenvalue weighted by atomic mass is 16.2. The van der Waals surface area contributed by atoms with Crippen LogP contribution >= 0.6 is 0 Å². The van der Waals surface area contributed by atoms with E-state index in [-0.39, 0.29) is 5.92 Å². The third-order valence-corrected chi connectivity index (χ3v) is 5.81. The van der Waals surface area contributed by atoms with Crippen molar-refractivity contribution in [2.45, 2.75) is 45.4 Å². The van der Waals surface area contributed by atoms with E-state index in [1.807, 2.05) is 0 Å². The maximum atomic E-state index is 12.8. The minimum atomic E-state index is 0.263. The van der Waals surface area contributed by atoms with Gasteiger partial charge in [-0.3, -0.25) is 4.79 Å². The molecule has 3 nitrogen and oxygen atoms in total. The molecule has 2 fully saturated rings. The number of hydrogen-bond acceptors (Lipinski definition) is 2. The molecule has 2 aliphatic rings. The number of benzene rings is 1. The quantitative estimate of drug-likeness (QED) is 0.840. The van der Waals surface area contributed by atoms with Crippen molar-refractivity contribution < 1.29 is 4.79 Å². The molecular formula is C21H32N2O. The molecule has 0 saturated carbocycles. The smallest absolute Gasteiger partial charge is 0.225 e. The molecule has 0 unspecified atom stereocenters. The first kappa shape index (κ1) is 17.5. The van der Waals surface area contributed by atoms with Crippen LogP contribution in [-0.2, 0) is 4.79 Å². The maximum absolute atomic E-state index is 12.8. The number of carbonyl (C=O) groups excluding carboxylic acids is 1. The number of amides is 1. The fourth-order valence-corrected chi connectivity index (χ4v) is 4.28. The second kappa shape index (κ2) is 8.15. The summed E-state index contributed by atoms with van der Waals surface area (Å²) in [7, 11) is 0. The largest absolute Gasteiger partial charge is 0.342 e. The molecule has 1 amide bonds. The van der Waals surface area contributed by atoms with Gasteiger partial charge in [-0.2, -0.15) is 0 Å². The Balaban J connectivity index is 1.46. The minimum absolute atomic E-state index is 0.263. The molecule has 24 heavy (non-hydrogen) atoms. The lowest BCUT2D eigenvalue weighted by Gasteiger charge is -2.37. The highest BCUT2D eigenvalue weighted by molar-refractivity contribution is 5.79. The van der Waals surface area contributed by atoms with Crippen LogP contribution in [0.1, 0.15) is 51.0 Å². The van der Waals surface area contributed by atoms with Gasteiger partial charge < -0.3 is 9.80 Å². The summed E-state index contributed by atoms with van der Waals surface area (Å²) >= 11 is 0. The van der Waals surface area contributed by atoms with Crippen LogP contribution in [0.2, 0.25) is 0 Å². The molecule has 0 aromatic heterocycles. The molecule has 0 aliphatic carbocycles. The van der Waals surface area contributed by atoms with Crippen LogP contribution in [-0.4, -0.2) is 48.4 Å². The Kier molecular flexibility index (Phi) is 5.94. The first-order chi connectivity index (χ1) is 11.6. The van der Waals surface area contributed by atoms with Gasteiger partial charge in [0.15, 0.2) is 0 Å². The van der Waals surface area contributed by atoms with Crippen LogP contribution in [0.4, 0.5) is 0 Å². The Morgan fingerprint density at radius 2 is 1.83 bits per heavy atom. The van der Waals surface area contributed by atoms with Gasteiger partial charge in [0.2, 0.25) is 5.91 Å². The number of carbonyl (C=O) groups is 1. The fourth-order valence-electron chi connectivity index (χ4n) is 4.28. The Morgan fingerprint density at radius 3 is 2.50 bits per heavy atom. The van der Waals surface area contributed by atoms with Crippen molar-refractivity contribution in [3.63, 3.8) is 0 Å². The molecule has 3 heteroatoms. The molecule has 3 rings (SSSR count). The van der Waals surface area contributed by atoms with Gasteiger partial charge in [0, 0.05) is 25.6 Å². The monoisotopic (exact) mass is 328 g/mol. The summed E-state index contributed by atoms with van der Waals surface area (Å²) < 4.78 is 0. The van der Waals surface area contributed by atoms with Crippen molar-refractivity contribution in [1.29, 1.82) is 0 Å². The Bertz CT molecular complexity index is 522. The normalized spacial score (nSPS) is 24.8. The van der Waals surface area contributed by atoms with E-state index in [1.165, 1.54) is 18.4 Å².